The van der Waals surface area contributed by atoms with E-state index in [1.807, 2.05) is 19.1 Å². The van der Waals surface area contributed by atoms with Gasteiger partial charge in [-0.25, -0.2) is 19.4 Å². The van der Waals surface area contributed by atoms with E-state index in [4.69, 9.17) is 0 Å². The van der Waals surface area contributed by atoms with Crippen molar-refractivity contribution in [1.29, 1.82) is 0 Å². The summed E-state index contributed by atoms with van der Waals surface area (Å²) in [5.74, 6) is -4.00. The fourth-order valence-electron chi connectivity index (χ4n) is 3.37. The first-order valence-corrected chi connectivity index (χ1v) is 10.4. The number of pyridine rings is 1. The maximum Gasteiger partial charge on any atom is 0.355 e. The molecule has 164 valence electrons. The van der Waals surface area contributed by atoms with E-state index < -0.39 is 17.7 Å². The molecule has 1 N–H and O–H groups in total. The third-order valence-electron chi connectivity index (χ3n) is 5.00. The van der Waals surface area contributed by atoms with E-state index in [9.17, 15) is 18.7 Å². The lowest BCUT2D eigenvalue weighted by Gasteiger charge is -2.10. The Balaban J connectivity index is 1.87. The second kappa shape index (κ2) is 9.76. The predicted molar refractivity (Wildman–Crippen MR) is 113 cm³/mol. The third kappa shape index (κ3) is 5.31. The number of carboxylic acids is 1. The van der Waals surface area contributed by atoms with Crippen LogP contribution in [0, 0.1) is 0 Å². The molecule has 0 saturated carbocycles. The summed E-state index contributed by atoms with van der Waals surface area (Å²) in [5, 5.41) is 13.5. The van der Waals surface area contributed by atoms with Crippen LogP contribution < -0.4 is 0 Å². The van der Waals surface area contributed by atoms with Gasteiger partial charge < -0.3 is 5.11 Å². The molecule has 2 aromatic heterocycles. The maximum atomic E-state index is 14.4. The highest BCUT2D eigenvalue weighted by Crippen LogP contribution is 2.31. The Bertz CT molecular complexity index is 1030. The number of alkyl halides is 2. The van der Waals surface area contributed by atoms with Gasteiger partial charge in [-0.2, -0.15) is 8.78 Å². The number of hydrogen-bond donors (Lipinski definition) is 1. The van der Waals surface area contributed by atoms with Crippen molar-refractivity contribution in [2.45, 2.75) is 58.4 Å². The molecule has 0 radical (unpaired) electrons. The van der Waals surface area contributed by atoms with E-state index in [2.05, 4.69) is 15.1 Å². The van der Waals surface area contributed by atoms with Gasteiger partial charge in [-0.05, 0) is 30.0 Å². The zero-order valence-electron chi connectivity index (χ0n) is 17.7. The van der Waals surface area contributed by atoms with E-state index in [-0.39, 0.29) is 12.1 Å². The van der Waals surface area contributed by atoms with Crippen molar-refractivity contribution in [1.82, 2.24) is 19.7 Å². The van der Waals surface area contributed by atoms with Gasteiger partial charge in [0.2, 0.25) is 5.82 Å². The van der Waals surface area contributed by atoms with E-state index in [1.165, 1.54) is 6.20 Å². The fraction of sp³-hybridized carbons (Fsp3) is 0.391. The summed E-state index contributed by atoms with van der Waals surface area (Å²) < 4.78 is 30.3. The summed E-state index contributed by atoms with van der Waals surface area (Å²) in [5.41, 5.74) is 2.08. The Hall–Kier alpha value is -3.16. The molecule has 1 aromatic carbocycles. The first-order valence-electron chi connectivity index (χ1n) is 10.4. The number of hydrogen-bond acceptors (Lipinski definition) is 4. The van der Waals surface area contributed by atoms with E-state index >= 15 is 0 Å². The van der Waals surface area contributed by atoms with Gasteiger partial charge in [-0.15, -0.1) is 5.10 Å². The Kier molecular flexibility index (Phi) is 7.09. The Labute approximate surface area is 180 Å². The summed E-state index contributed by atoms with van der Waals surface area (Å²) in [6, 6.07) is 10.7. The second-order valence-corrected chi connectivity index (χ2v) is 7.47. The van der Waals surface area contributed by atoms with Crippen LogP contribution in [0.1, 0.15) is 67.2 Å². The van der Waals surface area contributed by atoms with Gasteiger partial charge in [0, 0.05) is 24.6 Å². The van der Waals surface area contributed by atoms with E-state index in [0.717, 1.165) is 18.4 Å². The SMILES string of the molecule is CCCCc1nc(C(F)(F)CCC)nn1Cc1ccc(-c2cccnc2C(=O)O)cc1. The highest BCUT2D eigenvalue weighted by Gasteiger charge is 2.36. The van der Waals surface area contributed by atoms with Crippen LogP contribution in [0.4, 0.5) is 8.78 Å². The predicted octanol–water partition coefficient (Wildman–Crippen LogP) is 5.32. The number of aryl methyl sites for hydroxylation is 1. The molecular weight excluding hydrogens is 402 g/mol. The van der Waals surface area contributed by atoms with Crippen LogP contribution in [-0.2, 0) is 18.9 Å². The van der Waals surface area contributed by atoms with Crippen LogP contribution in [0.2, 0.25) is 0 Å². The first kappa shape index (κ1) is 22.5. The minimum atomic E-state index is -3.04. The monoisotopic (exact) mass is 428 g/mol. The molecule has 6 nitrogen and oxygen atoms in total. The molecule has 0 amide bonds. The molecule has 2 heterocycles. The molecular formula is C23H26F2N4O2. The number of rotatable bonds is 10. The van der Waals surface area contributed by atoms with E-state index in [0.29, 0.717) is 36.3 Å². The molecule has 31 heavy (non-hydrogen) atoms. The smallest absolute Gasteiger partial charge is 0.355 e. The minimum Gasteiger partial charge on any atom is -0.476 e. The standard InChI is InChI=1S/C23H26F2N4O2/c1-3-5-8-19-27-22(23(24,25)13-4-2)28-29(19)15-16-9-11-17(12-10-16)18-7-6-14-26-20(18)21(30)31/h6-7,9-12,14H,3-5,8,13,15H2,1-2H3,(H,30,31). The molecule has 0 bridgehead atoms. The average Bonchev–Trinajstić information content (AvgIpc) is 3.16. The average molecular weight is 428 g/mol. The molecule has 0 aliphatic heterocycles. The molecule has 0 aliphatic rings. The lowest BCUT2D eigenvalue weighted by molar-refractivity contribution is -0.0232. The number of carbonyl (C=O) groups is 1. The Morgan fingerprint density at radius 1 is 1.13 bits per heavy atom. The second-order valence-electron chi connectivity index (χ2n) is 7.47. The molecule has 0 fully saturated rings. The zero-order valence-corrected chi connectivity index (χ0v) is 17.7. The van der Waals surface area contributed by atoms with Crippen molar-refractivity contribution in [3.63, 3.8) is 0 Å². The Morgan fingerprint density at radius 2 is 1.87 bits per heavy atom. The lowest BCUT2D eigenvalue weighted by atomic mass is 10.0. The van der Waals surface area contributed by atoms with E-state index in [1.54, 1.807) is 35.9 Å². The van der Waals surface area contributed by atoms with Crippen LogP contribution in [0.15, 0.2) is 42.6 Å². The van der Waals surface area contributed by atoms with Crippen molar-refractivity contribution in [2.24, 2.45) is 0 Å². The number of halogens is 2. The number of nitrogens with zero attached hydrogens (tertiary/aromatic N) is 4. The largest absolute Gasteiger partial charge is 0.476 e. The van der Waals surface area contributed by atoms with Crippen molar-refractivity contribution < 1.29 is 18.7 Å². The van der Waals surface area contributed by atoms with Gasteiger partial charge in [0.05, 0.1) is 6.54 Å². The first-order chi connectivity index (χ1) is 14.9. The quantitative estimate of drug-likeness (QED) is 0.473. The number of carboxylic acid groups (broad SMARTS) is 1. The summed E-state index contributed by atoms with van der Waals surface area (Å²) >= 11 is 0. The molecule has 0 spiro atoms. The van der Waals surface area contributed by atoms with Gasteiger partial charge in [0.1, 0.15) is 5.82 Å². The molecule has 0 saturated heterocycles. The zero-order chi connectivity index (χ0) is 22.4. The van der Waals surface area contributed by atoms with Gasteiger partial charge in [-0.3, -0.25) is 0 Å². The summed E-state index contributed by atoms with van der Waals surface area (Å²) in [6.45, 7) is 4.06. The topological polar surface area (TPSA) is 80.9 Å². The number of aromatic carboxylic acids is 1. The lowest BCUT2D eigenvalue weighted by Crippen LogP contribution is -2.15. The van der Waals surface area contributed by atoms with Gasteiger partial charge in [-0.1, -0.05) is 50.6 Å². The van der Waals surface area contributed by atoms with Crippen molar-refractivity contribution in [2.75, 3.05) is 0 Å². The molecule has 3 rings (SSSR count). The van der Waals surface area contributed by atoms with Crippen molar-refractivity contribution in [3.05, 3.63) is 65.5 Å². The van der Waals surface area contributed by atoms with Crippen LogP contribution in [0.25, 0.3) is 11.1 Å². The molecule has 3 aromatic rings. The van der Waals surface area contributed by atoms with Crippen LogP contribution in [0.3, 0.4) is 0 Å². The number of unbranched alkanes of at least 4 members (excludes halogenated alkanes) is 1. The van der Waals surface area contributed by atoms with Crippen LogP contribution >= 0.6 is 0 Å². The Morgan fingerprint density at radius 3 is 2.52 bits per heavy atom. The van der Waals surface area contributed by atoms with Gasteiger partial charge in [0.15, 0.2) is 5.69 Å². The highest BCUT2D eigenvalue weighted by atomic mass is 19.3. The van der Waals surface area contributed by atoms with Crippen molar-refractivity contribution in [3.8, 4) is 11.1 Å². The maximum absolute atomic E-state index is 14.4. The van der Waals surface area contributed by atoms with Gasteiger partial charge >= 0.3 is 11.9 Å². The summed E-state index contributed by atoms with van der Waals surface area (Å²) in [6.07, 6.45) is 3.86. The molecule has 0 atom stereocenters. The summed E-state index contributed by atoms with van der Waals surface area (Å²) in [4.78, 5) is 19.5. The minimum absolute atomic E-state index is 0.0174. The fourth-order valence-corrected chi connectivity index (χ4v) is 3.37. The molecule has 8 heteroatoms. The molecule has 0 unspecified atom stereocenters. The van der Waals surface area contributed by atoms with Crippen molar-refractivity contribution >= 4 is 5.97 Å². The van der Waals surface area contributed by atoms with Crippen LogP contribution in [-0.4, -0.2) is 30.8 Å². The van der Waals surface area contributed by atoms with Gasteiger partial charge in [0.25, 0.3) is 0 Å². The molecule has 0 aliphatic carbocycles. The number of aromatic nitrogens is 4. The number of benzene rings is 1. The highest BCUT2D eigenvalue weighted by molar-refractivity contribution is 5.93. The third-order valence-corrected chi connectivity index (χ3v) is 5.00. The van der Waals surface area contributed by atoms with Crippen LogP contribution in [0.5, 0.6) is 0 Å². The normalized spacial score (nSPS) is 11.6. The summed E-state index contributed by atoms with van der Waals surface area (Å²) in [7, 11) is 0.